The Morgan fingerprint density at radius 1 is 1.56 bits per heavy atom. The molecule has 0 aromatic carbocycles. The zero-order chi connectivity index (χ0) is 12.9. The number of carbonyl (C=O) groups is 1. The highest BCUT2D eigenvalue weighted by Crippen LogP contribution is 2.39. The lowest BCUT2D eigenvalue weighted by atomic mass is 10.1. The Labute approximate surface area is 107 Å². The lowest BCUT2D eigenvalue weighted by Crippen LogP contribution is -2.34. The largest absolute Gasteiger partial charge is 0.382 e. The number of hydrogen-bond acceptors (Lipinski definition) is 3. The summed E-state index contributed by atoms with van der Waals surface area (Å²) in [5.41, 5.74) is 8.29. The van der Waals surface area contributed by atoms with Gasteiger partial charge in [-0.1, -0.05) is 6.92 Å². The van der Waals surface area contributed by atoms with Gasteiger partial charge in [0, 0.05) is 37.7 Å². The molecule has 1 aromatic heterocycles. The first-order valence-corrected chi connectivity index (χ1v) is 6.65. The monoisotopic (exact) mass is 248 g/mol. The van der Waals surface area contributed by atoms with E-state index in [1.165, 1.54) is 12.1 Å². The van der Waals surface area contributed by atoms with Crippen molar-refractivity contribution < 1.29 is 4.79 Å². The maximum Gasteiger partial charge on any atom is 0.219 e. The lowest BCUT2D eigenvalue weighted by Gasteiger charge is -2.26. The summed E-state index contributed by atoms with van der Waals surface area (Å²) in [6.07, 6.45) is 2.17. The number of nitrogens with zero attached hydrogens (tertiary/aromatic N) is 3. The van der Waals surface area contributed by atoms with Crippen molar-refractivity contribution in [2.75, 3.05) is 12.3 Å². The van der Waals surface area contributed by atoms with Crippen molar-refractivity contribution in [2.45, 2.75) is 39.8 Å². The first-order chi connectivity index (χ1) is 8.56. The molecule has 18 heavy (non-hydrogen) atoms. The van der Waals surface area contributed by atoms with Crippen LogP contribution < -0.4 is 5.73 Å². The normalized spacial score (nSPS) is 26.0. The van der Waals surface area contributed by atoms with E-state index in [2.05, 4.69) is 16.7 Å². The van der Waals surface area contributed by atoms with E-state index in [1.807, 2.05) is 4.90 Å². The number of amides is 1. The van der Waals surface area contributed by atoms with Gasteiger partial charge in [0.2, 0.25) is 5.91 Å². The number of rotatable bonds is 2. The Kier molecular flexibility index (Phi) is 2.57. The molecule has 2 N–H and O–H groups in total. The molecule has 98 valence electrons. The van der Waals surface area contributed by atoms with Gasteiger partial charge in [-0.05, 0) is 18.3 Å². The van der Waals surface area contributed by atoms with Crippen molar-refractivity contribution in [1.82, 2.24) is 14.7 Å². The van der Waals surface area contributed by atoms with Crippen molar-refractivity contribution in [3.63, 3.8) is 0 Å². The van der Waals surface area contributed by atoms with Crippen LogP contribution in [-0.4, -0.2) is 27.1 Å². The van der Waals surface area contributed by atoms with Gasteiger partial charge in [-0.2, -0.15) is 5.10 Å². The molecule has 2 heterocycles. The van der Waals surface area contributed by atoms with Crippen LogP contribution in [0.5, 0.6) is 0 Å². The Hall–Kier alpha value is -1.52. The van der Waals surface area contributed by atoms with E-state index < -0.39 is 0 Å². The Morgan fingerprint density at radius 2 is 2.28 bits per heavy atom. The molecule has 2 unspecified atom stereocenters. The summed E-state index contributed by atoms with van der Waals surface area (Å²) in [6.45, 7) is 6.28. The number of aromatic nitrogens is 2. The first-order valence-electron chi connectivity index (χ1n) is 6.65. The quantitative estimate of drug-likeness (QED) is 0.850. The average molecular weight is 248 g/mol. The summed E-state index contributed by atoms with van der Waals surface area (Å²) in [6, 6.07) is 0. The second-order valence-corrected chi connectivity index (χ2v) is 5.66. The van der Waals surface area contributed by atoms with E-state index in [0.29, 0.717) is 12.4 Å². The Bertz CT molecular complexity index is 493. The third-order valence-electron chi connectivity index (χ3n) is 4.29. The van der Waals surface area contributed by atoms with Crippen molar-refractivity contribution in [2.24, 2.45) is 11.8 Å². The Balaban J connectivity index is 1.83. The fraction of sp³-hybridized carbons (Fsp3) is 0.692. The first kappa shape index (κ1) is 11.6. The van der Waals surface area contributed by atoms with Gasteiger partial charge in [-0.15, -0.1) is 0 Å². The fourth-order valence-corrected chi connectivity index (χ4v) is 2.81. The van der Waals surface area contributed by atoms with Gasteiger partial charge in [0.15, 0.2) is 5.82 Å². The molecule has 1 saturated carbocycles. The van der Waals surface area contributed by atoms with Gasteiger partial charge in [0.05, 0.1) is 6.54 Å². The number of hydrogen-bond donors (Lipinski definition) is 1. The molecule has 3 rings (SSSR count). The zero-order valence-corrected chi connectivity index (χ0v) is 11.0. The predicted molar refractivity (Wildman–Crippen MR) is 68.7 cm³/mol. The third-order valence-corrected chi connectivity index (χ3v) is 4.29. The summed E-state index contributed by atoms with van der Waals surface area (Å²) >= 11 is 0. The molecule has 1 aliphatic carbocycles. The summed E-state index contributed by atoms with van der Waals surface area (Å²) in [5.74, 6) is 2.30. The van der Waals surface area contributed by atoms with E-state index in [9.17, 15) is 4.79 Å². The van der Waals surface area contributed by atoms with E-state index in [-0.39, 0.29) is 5.91 Å². The second kappa shape index (κ2) is 4.00. The molecule has 1 amide bonds. The van der Waals surface area contributed by atoms with Gasteiger partial charge in [-0.25, -0.2) is 0 Å². The van der Waals surface area contributed by atoms with Crippen LogP contribution in [0.2, 0.25) is 0 Å². The summed E-state index contributed by atoms with van der Waals surface area (Å²) < 4.78 is 2.08. The molecule has 0 saturated heterocycles. The van der Waals surface area contributed by atoms with Crippen LogP contribution >= 0.6 is 0 Å². The third kappa shape index (κ3) is 1.87. The Morgan fingerprint density at radius 3 is 2.89 bits per heavy atom. The van der Waals surface area contributed by atoms with Crippen LogP contribution in [0, 0.1) is 11.8 Å². The topological polar surface area (TPSA) is 64.2 Å². The predicted octanol–water partition coefficient (Wildman–Crippen LogP) is 1.03. The van der Waals surface area contributed by atoms with Crippen molar-refractivity contribution in [3.05, 3.63) is 11.3 Å². The standard InChI is InChI=1S/C13H20N4O/c1-8-5-10(8)6-17-12-3-4-16(9(2)18)7-11(12)13(14)15-17/h8,10H,3-7H2,1-2H3,(H2,14,15). The maximum absolute atomic E-state index is 11.4. The van der Waals surface area contributed by atoms with Gasteiger partial charge >= 0.3 is 0 Å². The molecule has 2 atom stereocenters. The highest BCUT2D eigenvalue weighted by Gasteiger charge is 2.34. The van der Waals surface area contributed by atoms with Crippen LogP contribution in [0.3, 0.4) is 0 Å². The molecular formula is C13H20N4O. The van der Waals surface area contributed by atoms with Crippen LogP contribution in [0.25, 0.3) is 0 Å². The summed E-state index contributed by atoms with van der Waals surface area (Å²) in [4.78, 5) is 13.3. The molecule has 5 heteroatoms. The van der Waals surface area contributed by atoms with Gasteiger partial charge in [0.1, 0.15) is 0 Å². The van der Waals surface area contributed by atoms with Gasteiger partial charge < -0.3 is 10.6 Å². The molecule has 1 aliphatic heterocycles. The van der Waals surface area contributed by atoms with Crippen LogP contribution in [0.15, 0.2) is 0 Å². The summed E-state index contributed by atoms with van der Waals surface area (Å²) in [7, 11) is 0. The lowest BCUT2D eigenvalue weighted by molar-refractivity contribution is -0.129. The van der Waals surface area contributed by atoms with Crippen molar-refractivity contribution in [1.29, 1.82) is 0 Å². The van der Waals surface area contributed by atoms with E-state index >= 15 is 0 Å². The highest BCUT2D eigenvalue weighted by molar-refractivity contribution is 5.73. The van der Waals surface area contributed by atoms with Crippen LogP contribution in [0.4, 0.5) is 5.82 Å². The molecule has 5 nitrogen and oxygen atoms in total. The molecular weight excluding hydrogens is 228 g/mol. The molecule has 0 radical (unpaired) electrons. The minimum atomic E-state index is 0.114. The molecule has 1 fully saturated rings. The van der Waals surface area contributed by atoms with E-state index in [0.717, 1.165) is 36.9 Å². The van der Waals surface area contributed by atoms with Crippen molar-refractivity contribution in [3.8, 4) is 0 Å². The molecule has 1 aromatic rings. The minimum Gasteiger partial charge on any atom is -0.382 e. The van der Waals surface area contributed by atoms with E-state index in [4.69, 9.17) is 5.73 Å². The number of nitrogens with two attached hydrogens (primary N) is 1. The highest BCUT2D eigenvalue weighted by atomic mass is 16.2. The van der Waals surface area contributed by atoms with Crippen molar-refractivity contribution >= 4 is 11.7 Å². The van der Waals surface area contributed by atoms with E-state index in [1.54, 1.807) is 6.92 Å². The maximum atomic E-state index is 11.4. The van der Waals surface area contributed by atoms with Crippen LogP contribution in [0.1, 0.15) is 31.5 Å². The average Bonchev–Trinajstić information content (AvgIpc) is 2.93. The zero-order valence-electron chi connectivity index (χ0n) is 11.0. The minimum absolute atomic E-state index is 0.114. The number of anilines is 1. The fourth-order valence-electron chi connectivity index (χ4n) is 2.81. The smallest absolute Gasteiger partial charge is 0.219 e. The van der Waals surface area contributed by atoms with Crippen LogP contribution in [-0.2, 0) is 24.3 Å². The number of fused-ring (bicyclic) bond motifs is 1. The van der Waals surface area contributed by atoms with Gasteiger partial charge in [0.25, 0.3) is 0 Å². The number of nitrogen functional groups attached to an aromatic ring is 1. The summed E-state index contributed by atoms with van der Waals surface area (Å²) in [5, 5.41) is 4.46. The van der Waals surface area contributed by atoms with Gasteiger partial charge in [-0.3, -0.25) is 9.48 Å². The molecule has 2 aliphatic rings. The molecule has 0 spiro atoms. The number of carbonyl (C=O) groups excluding carboxylic acids is 1. The SMILES string of the molecule is CC(=O)N1CCc2c(c(N)nn2CC2CC2C)C1. The second-order valence-electron chi connectivity index (χ2n) is 5.66. The molecule has 0 bridgehead atoms.